The first kappa shape index (κ1) is 16.8. The second-order valence-electron chi connectivity index (χ2n) is 7.43. The molecule has 3 aliphatic heterocycles. The Balaban J connectivity index is 1.35. The van der Waals surface area contributed by atoms with Gasteiger partial charge in [0, 0.05) is 73.3 Å². The maximum atomic E-state index is 6.25. The highest BCUT2D eigenvalue weighted by molar-refractivity contribution is 6.31. The van der Waals surface area contributed by atoms with Crippen LogP contribution < -0.4 is 11.1 Å². The molecule has 0 amide bonds. The van der Waals surface area contributed by atoms with Crippen LogP contribution in [-0.4, -0.2) is 57.4 Å². The zero-order chi connectivity index (χ0) is 18.4. The molecular formula is C19H22ClN7. The molecule has 0 atom stereocenters. The van der Waals surface area contributed by atoms with E-state index in [1.165, 1.54) is 0 Å². The summed E-state index contributed by atoms with van der Waals surface area (Å²) >= 11 is 6.25. The van der Waals surface area contributed by atoms with E-state index in [-0.39, 0.29) is 5.66 Å². The molecule has 2 aromatic rings. The summed E-state index contributed by atoms with van der Waals surface area (Å²) in [5.74, 6) is 1.43. The first-order valence-corrected chi connectivity index (χ1v) is 9.70. The number of hydrogen-bond donors (Lipinski definition) is 2. The van der Waals surface area contributed by atoms with Gasteiger partial charge in [-0.15, -0.1) is 0 Å². The Morgan fingerprint density at radius 1 is 1.15 bits per heavy atom. The van der Waals surface area contributed by atoms with Gasteiger partial charge >= 0.3 is 0 Å². The first-order valence-electron chi connectivity index (χ1n) is 9.32. The van der Waals surface area contributed by atoms with E-state index in [4.69, 9.17) is 22.3 Å². The standard InChI is InChI=1S/C19H22ClN7/c20-14-1-2-15-16(9-14)25-19(27-8-5-22-17(15)27)3-6-26(7-4-19)12-13-10-23-18(21)24-11-13/h1-2,9-11,25H,3-8,12H2,(H2,21,23,24). The van der Waals surface area contributed by atoms with Crippen LogP contribution in [0.5, 0.6) is 0 Å². The molecule has 5 rings (SSSR count). The molecule has 0 unspecified atom stereocenters. The van der Waals surface area contributed by atoms with Gasteiger partial charge in [-0.3, -0.25) is 9.89 Å². The highest BCUT2D eigenvalue weighted by Gasteiger charge is 2.46. The fraction of sp³-hybridized carbons (Fsp3) is 0.421. The third-order valence-corrected chi connectivity index (χ3v) is 6.00. The van der Waals surface area contributed by atoms with Gasteiger partial charge in [0.2, 0.25) is 5.95 Å². The number of nitrogens with two attached hydrogens (primary N) is 1. The molecule has 1 spiro atoms. The Morgan fingerprint density at radius 3 is 2.70 bits per heavy atom. The molecule has 27 heavy (non-hydrogen) atoms. The zero-order valence-electron chi connectivity index (χ0n) is 15.0. The molecule has 0 saturated carbocycles. The lowest BCUT2D eigenvalue weighted by atomic mass is 9.90. The maximum Gasteiger partial charge on any atom is 0.219 e. The summed E-state index contributed by atoms with van der Waals surface area (Å²) < 4.78 is 0. The second-order valence-corrected chi connectivity index (χ2v) is 7.87. The van der Waals surface area contributed by atoms with Crippen molar-refractivity contribution in [1.29, 1.82) is 0 Å². The molecule has 8 heteroatoms. The predicted octanol–water partition coefficient (Wildman–Crippen LogP) is 2.19. The summed E-state index contributed by atoms with van der Waals surface area (Å²) in [4.78, 5) is 17.9. The average Bonchev–Trinajstić information content (AvgIpc) is 3.16. The quantitative estimate of drug-likeness (QED) is 0.827. The zero-order valence-corrected chi connectivity index (χ0v) is 15.8. The van der Waals surface area contributed by atoms with Crippen molar-refractivity contribution < 1.29 is 0 Å². The lowest BCUT2D eigenvalue weighted by molar-refractivity contribution is 0.0895. The Kier molecular flexibility index (Phi) is 3.94. The van der Waals surface area contributed by atoms with Gasteiger partial charge in [0.25, 0.3) is 0 Å². The molecular weight excluding hydrogens is 362 g/mol. The smallest absolute Gasteiger partial charge is 0.219 e. The molecule has 1 fully saturated rings. The van der Waals surface area contributed by atoms with Gasteiger partial charge in [-0.1, -0.05) is 11.6 Å². The molecule has 0 radical (unpaired) electrons. The average molecular weight is 384 g/mol. The fourth-order valence-electron chi connectivity index (χ4n) is 4.41. The summed E-state index contributed by atoms with van der Waals surface area (Å²) in [5.41, 5.74) is 8.85. The second kappa shape index (κ2) is 6.35. The Bertz CT molecular complexity index is 887. The van der Waals surface area contributed by atoms with E-state index in [0.29, 0.717) is 5.95 Å². The van der Waals surface area contributed by atoms with Gasteiger partial charge in [0.05, 0.1) is 6.54 Å². The normalized spacial score (nSPS) is 20.8. The van der Waals surface area contributed by atoms with Crippen molar-refractivity contribution in [2.75, 3.05) is 37.2 Å². The molecule has 0 aliphatic carbocycles. The van der Waals surface area contributed by atoms with Gasteiger partial charge in [-0.05, 0) is 18.2 Å². The van der Waals surface area contributed by atoms with E-state index in [2.05, 4.69) is 31.2 Å². The minimum absolute atomic E-state index is 0.0822. The number of nitrogens with one attached hydrogen (secondary N) is 1. The van der Waals surface area contributed by atoms with Crippen LogP contribution in [0.2, 0.25) is 5.02 Å². The number of nitrogen functional groups attached to an aromatic ring is 1. The number of nitrogens with zero attached hydrogens (tertiary/aromatic N) is 5. The maximum absolute atomic E-state index is 6.25. The molecule has 3 N–H and O–H groups in total. The number of amidine groups is 1. The Morgan fingerprint density at radius 2 is 1.93 bits per heavy atom. The summed E-state index contributed by atoms with van der Waals surface area (Å²) in [7, 11) is 0. The van der Waals surface area contributed by atoms with Gasteiger partial charge in [0.15, 0.2) is 0 Å². The molecule has 0 bridgehead atoms. The van der Waals surface area contributed by atoms with E-state index in [1.807, 2.05) is 24.5 Å². The molecule has 1 saturated heterocycles. The Hall–Kier alpha value is -2.38. The van der Waals surface area contributed by atoms with Crippen LogP contribution in [0.15, 0.2) is 35.6 Å². The molecule has 3 aliphatic rings. The molecule has 1 aromatic carbocycles. The minimum atomic E-state index is -0.0822. The van der Waals surface area contributed by atoms with Crippen LogP contribution in [-0.2, 0) is 6.54 Å². The summed E-state index contributed by atoms with van der Waals surface area (Å²) in [6.07, 6.45) is 5.67. The molecule has 4 heterocycles. The molecule has 1 aromatic heterocycles. The molecule has 140 valence electrons. The summed E-state index contributed by atoms with van der Waals surface area (Å²) in [6.45, 7) is 4.66. The highest BCUT2D eigenvalue weighted by atomic mass is 35.5. The van der Waals surface area contributed by atoms with Crippen LogP contribution in [0.3, 0.4) is 0 Å². The third kappa shape index (κ3) is 2.91. The minimum Gasteiger partial charge on any atom is -0.368 e. The summed E-state index contributed by atoms with van der Waals surface area (Å²) in [5, 5.41) is 4.56. The number of piperidine rings is 1. The Labute approximate surface area is 163 Å². The predicted molar refractivity (Wildman–Crippen MR) is 107 cm³/mol. The third-order valence-electron chi connectivity index (χ3n) is 5.76. The van der Waals surface area contributed by atoms with Crippen LogP contribution in [0.25, 0.3) is 0 Å². The van der Waals surface area contributed by atoms with E-state index >= 15 is 0 Å². The number of rotatable bonds is 2. The highest BCUT2D eigenvalue weighted by Crippen LogP contribution is 2.40. The number of aromatic nitrogens is 2. The van der Waals surface area contributed by atoms with E-state index in [0.717, 1.165) is 73.2 Å². The van der Waals surface area contributed by atoms with E-state index < -0.39 is 0 Å². The van der Waals surface area contributed by atoms with E-state index in [1.54, 1.807) is 0 Å². The van der Waals surface area contributed by atoms with Crippen molar-refractivity contribution >= 4 is 29.1 Å². The van der Waals surface area contributed by atoms with Crippen LogP contribution in [0.4, 0.5) is 11.6 Å². The first-order chi connectivity index (χ1) is 13.1. The van der Waals surface area contributed by atoms with Gasteiger partial charge < -0.3 is 16.0 Å². The molecule has 7 nitrogen and oxygen atoms in total. The van der Waals surface area contributed by atoms with Crippen molar-refractivity contribution in [3.8, 4) is 0 Å². The van der Waals surface area contributed by atoms with Crippen LogP contribution >= 0.6 is 11.6 Å². The largest absolute Gasteiger partial charge is 0.368 e. The number of benzene rings is 1. The number of hydrogen-bond acceptors (Lipinski definition) is 7. The number of aliphatic imine (C=N–C) groups is 1. The van der Waals surface area contributed by atoms with Gasteiger partial charge in [-0.2, -0.15) is 0 Å². The van der Waals surface area contributed by atoms with Crippen molar-refractivity contribution in [2.24, 2.45) is 4.99 Å². The lowest BCUT2D eigenvalue weighted by Gasteiger charge is -2.52. The number of likely N-dealkylation sites (tertiary alicyclic amines) is 1. The lowest BCUT2D eigenvalue weighted by Crippen LogP contribution is -2.63. The van der Waals surface area contributed by atoms with Crippen LogP contribution in [0, 0.1) is 0 Å². The SMILES string of the molecule is Nc1ncc(CN2CCC3(CC2)Nc2cc(Cl)ccc2C2=NCCN23)cn1. The van der Waals surface area contributed by atoms with E-state index in [9.17, 15) is 0 Å². The van der Waals surface area contributed by atoms with Gasteiger partial charge in [-0.25, -0.2) is 9.97 Å². The number of anilines is 2. The topological polar surface area (TPSA) is 82.7 Å². The number of fused-ring (bicyclic) bond motifs is 4. The number of halogens is 1. The van der Waals surface area contributed by atoms with Gasteiger partial charge in [0.1, 0.15) is 11.5 Å². The van der Waals surface area contributed by atoms with Crippen molar-refractivity contribution in [2.45, 2.75) is 25.0 Å². The van der Waals surface area contributed by atoms with Crippen molar-refractivity contribution in [3.05, 3.63) is 46.7 Å². The fourth-order valence-corrected chi connectivity index (χ4v) is 4.58. The summed E-state index contributed by atoms with van der Waals surface area (Å²) in [6, 6.07) is 6.04. The van der Waals surface area contributed by atoms with Crippen molar-refractivity contribution in [3.63, 3.8) is 0 Å². The van der Waals surface area contributed by atoms with Crippen LogP contribution in [0.1, 0.15) is 24.0 Å². The monoisotopic (exact) mass is 383 g/mol. The van der Waals surface area contributed by atoms with Crippen molar-refractivity contribution in [1.82, 2.24) is 19.8 Å².